The van der Waals surface area contributed by atoms with Gasteiger partial charge in [0.1, 0.15) is 0 Å². The highest BCUT2D eigenvalue weighted by Crippen LogP contribution is 2.26. The number of amides is 2. The lowest BCUT2D eigenvalue weighted by molar-refractivity contribution is 0.0992. The van der Waals surface area contributed by atoms with E-state index < -0.39 is 11.9 Å². The molecule has 7 nitrogen and oxygen atoms in total. The van der Waals surface area contributed by atoms with Crippen molar-refractivity contribution >= 4 is 40.6 Å². The largest absolute Gasteiger partial charge is 0.453 e. The van der Waals surface area contributed by atoms with Crippen LogP contribution in [-0.4, -0.2) is 35.5 Å². The van der Waals surface area contributed by atoms with Crippen molar-refractivity contribution in [3.8, 4) is 11.3 Å². The van der Waals surface area contributed by atoms with Gasteiger partial charge in [0.2, 0.25) is 0 Å². The maximum atomic E-state index is 14.8. The second kappa shape index (κ2) is 8.68. The number of methoxy groups -OCH3 is 1. The normalized spacial score (nSPS) is 10.8. The predicted octanol–water partition coefficient (Wildman–Crippen LogP) is 5.25. The van der Waals surface area contributed by atoms with Crippen LogP contribution >= 0.6 is 11.6 Å². The molecule has 0 aliphatic heterocycles. The molecule has 0 aliphatic carbocycles. The molecule has 0 saturated carbocycles. The van der Waals surface area contributed by atoms with Crippen LogP contribution in [0.3, 0.4) is 0 Å². The monoisotopic (exact) mass is 452 g/mol. The molecular formula is C23H18ClFN4O3. The van der Waals surface area contributed by atoms with Crippen molar-refractivity contribution in [3.63, 3.8) is 0 Å². The number of halogens is 2. The van der Waals surface area contributed by atoms with E-state index in [1.54, 1.807) is 61.8 Å². The zero-order chi connectivity index (χ0) is 22.8. The van der Waals surface area contributed by atoms with Crippen molar-refractivity contribution in [2.75, 3.05) is 24.4 Å². The lowest BCUT2D eigenvalue weighted by Gasteiger charge is -2.18. The molecule has 1 N–H and O–H groups in total. The van der Waals surface area contributed by atoms with Crippen LogP contribution in [0.25, 0.3) is 16.9 Å². The summed E-state index contributed by atoms with van der Waals surface area (Å²) >= 11 is 5.91. The maximum Gasteiger partial charge on any atom is 0.411 e. The Hall–Kier alpha value is -3.91. The first-order chi connectivity index (χ1) is 15.4. The lowest BCUT2D eigenvalue weighted by Crippen LogP contribution is -2.26. The minimum Gasteiger partial charge on any atom is -0.453 e. The number of nitrogens with zero attached hydrogens (tertiary/aromatic N) is 3. The summed E-state index contributed by atoms with van der Waals surface area (Å²) in [4.78, 5) is 29.9. The fourth-order valence-electron chi connectivity index (χ4n) is 3.25. The molecule has 32 heavy (non-hydrogen) atoms. The van der Waals surface area contributed by atoms with Gasteiger partial charge in [-0.15, -0.1) is 0 Å². The number of carbonyl (C=O) groups is 2. The summed E-state index contributed by atoms with van der Waals surface area (Å²) in [6.07, 6.45) is 2.50. The Balaban J connectivity index is 1.69. The Morgan fingerprint density at radius 2 is 1.81 bits per heavy atom. The standard InChI is InChI=1S/C23H18ClFN4O3/c1-28(18-9-5-16(24)6-10-18)22(30)15-11-19(25)21-26-12-20(29(21)13-15)14-3-7-17(8-4-14)27-23(31)32-2/h3-13H,1-2H3,(H,27,31). The molecule has 4 aromatic rings. The van der Waals surface area contributed by atoms with Crippen LogP contribution in [0.15, 0.2) is 67.0 Å². The summed E-state index contributed by atoms with van der Waals surface area (Å²) in [6, 6.07) is 14.8. The SMILES string of the molecule is COC(=O)Nc1ccc(-c2cnc3c(F)cc(C(=O)N(C)c4ccc(Cl)cc4)cn23)cc1. The highest BCUT2D eigenvalue weighted by atomic mass is 35.5. The molecule has 2 aromatic carbocycles. The van der Waals surface area contributed by atoms with E-state index in [0.29, 0.717) is 22.1 Å². The summed E-state index contributed by atoms with van der Waals surface area (Å²) in [5, 5.41) is 3.12. The average Bonchev–Trinajstić information content (AvgIpc) is 3.23. The van der Waals surface area contributed by atoms with Crippen LogP contribution in [0, 0.1) is 5.82 Å². The molecule has 0 radical (unpaired) electrons. The minimum absolute atomic E-state index is 0.0995. The number of nitrogens with one attached hydrogen (secondary N) is 1. The zero-order valence-electron chi connectivity index (χ0n) is 17.2. The molecule has 4 rings (SSSR count). The van der Waals surface area contributed by atoms with Crippen LogP contribution in [0.5, 0.6) is 0 Å². The maximum absolute atomic E-state index is 14.8. The van der Waals surface area contributed by atoms with E-state index in [2.05, 4.69) is 15.0 Å². The number of imidazole rings is 1. The molecule has 0 aliphatic rings. The van der Waals surface area contributed by atoms with E-state index >= 15 is 0 Å². The van der Waals surface area contributed by atoms with Crippen molar-refractivity contribution in [3.05, 3.63) is 83.4 Å². The van der Waals surface area contributed by atoms with E-state index in [4.69, 9.17) is 11.6 Å². The van der Waals surface area contributed by atoms with Gasteiger partial charge in [0.25, 0.3) is 5.91 Å². The molecule has 9 heteroatoms. The Bertz CT molecular complexity index is 1300. The number of benzene rings is 2. The third-order valence-electron chi connectivity index (χ3n) is 4.94. The number of anilines is 2. The first-order valence-corrected chi connectivity index (χ1v) is 9.91. The Morgan fingerprint density at radius 1 is 1.12 bits per heavy atom. The van der Waals surface area contributed by atoms with Gasteiger partial charge in [0.05, 0.1) is 24.6 Å². The summed E-state index contributed by atoms with van der Waals surface area (Å²) in [5.74, 6) is -0.999. The molecule has 0 bridgehead atoms. The number of aromatic nitrogens is 2. The van der Waals surface area contributed by atoms with Crippen LogP contribution in [0.1, 0.15) is 10.4 Å². The lowest BCUT2D eigenvalue weighted by atomic mass is 10.1. The van der Waals surface area contributed by atoms with Gasteiger partial charge in [-0.2, -0.15) is 0 Å². The van der Waals surface area contributed by atoms with Crippen LogP contribution < -0.4 is 10.2 Å². The quantitative estimate of drug-likeness (QED) is 0.459. The summed E-state index contributed by atoms with van der Waals surface area (Å²) in [7, 11) is 2.88. The Labute approximate surface area is 188 Å². The van der Waals surface area contributed by atoms with Crippen molar-refractivity contribution in [2.24, 2.45) is 0 Å². The predicted molar refractivity (Wildman–Crippen MR) is 121 cm³/mol. The molecule has 0 unspecified atom stereocenters. The van der Waals surface area contributed by atoms with Crippen LogP contribution in [0.2, 0.25) is 5.02 Å². The Kier molecular flexibility index (Phi) is 5.79. The number of hydrogen-bond donors (Lipinski definition) is 1. The molecular weight excluding hydrogens is 435 g/mol. The van der Waals surface area contributed by atoms with Crippen LogP contribution in [-0.2, 0) is 4.74 Å². The van der Waals surface area contributed by atoms with E-state index in [9.17, 15) is 14.0 Å². The van der Waals surface area contributed by atoms with Crippen molar-refractivity contribution in [2.45, 2.75) is 0 Å². The first-order valence-electron chi connectivity index (χ1n) is 9.53. The molecule has 162 valence electrons. The van der Waals surface area contributed by atoms with Gasteiger partial charge < -0.3 is 9.64 Å². The van der Waals surface area contributed by atoms with Gasteiger partial charge in [-0.1, -0.05) is 23.7 Å². The third-order valence-corrected chi connectivity index (χ3v) is 5.19. The Morgan fingerprint density at radius 3 is 2.47 bits per heavy atom. The van der Waals surface area contributed by atoms with Gasteiger partial charge in [-0.25, -0.2) is 14.2 Å². The second-order valence-electron chi connectivity index (χ2n) is 6.95. The van der Waals surface area contributed by atoms with E-state index in [1.165, 1.54) is 28.7 Å². The molecule has 2 amide bonds. The number of pyridine rings is 1. The molecule has 2 heterocycles. The van der Waals surface area contributed by atoms with Crippen molar-refractivity contribution in [1.29, 1.82) is 0 Å². The fraction of sp³-hybridized carbons (Fsp3) is 0.0870. The van der Waals surface area contributed by atoms with Crippen molar-refractivity contribution < 1.29 is 18.7 Å². The smallest absolute Gasteiger partial charge is 0.411 e. The van der Waals surface area contributed by atoms with Crippen molar-refractivity contribution in [1.82, 2.24) is 9.38 Å². The van der Waals surface area contributed by atoms with Gasteiger partial charge in [0, 0.05) is 35.2 Å². The summed E-state index contributed by atoms with van der Waals surface area (Å²) in [5.41, 5.74) is 2.74. The minimum atomic E-state index is -0.615. The van der Waals surface area contributed by atoms with Gasteiger partial charge in [0.15, 0.2) is 11.5 Å². The molecule has 0 atom stereocenters. The highest BCUT2D eigenvalue weighted by molar-refractivity contribution is 6.30. The number of ether oxygens (including phenoxy) is 1. The number of fused-ring (bicyclic) bond motifs is 1. The van der Waals surface area contributed by atoms with Gasteiger partial charge >= 0.3 is 6.09 Å². The highest BCUT2D eigenvalue weighted by Gasteiger charge is 2.18. The molecule has 0 saturated heterocycles. The summed E-state index contributed by atoms with van der Waals surface area (Å²) in [6.45, 7) is 0. The molecule has 0 spiro atoms. The fourth-order valence-corrected chi connectivity index (χ4v) is 3.37. The molecule has 0 fully saturated rings. The number of rotatable bonds is 4. The van der Waals surface area contributed by atoms with Gasteiger partial charge in [-0.05, 0) is 42.5 Å². The molecule has 2 aromatic heterocycles. The third kappa shape index (κ3) is 4.13. The second-order valence-corrected chi connectivity index (χ2v) is 7.38. The van der Waals surface area contributed by atoms with Crippen LogP contribution in [0.4, 0.5) is 20.6 Å². The topological polar surface area (TPSA) is 75.9 Å². The first kappa shape index (κ1) is 21.3. The zero-order valence-corrected chi connectivity index (χ0v) is 17.9. The summed E-state index contributed by atoms with van der Waals surface area (Å²) < 4.78 is 20.9. The van der Waals surface area contributed by atoms with E-state index in [1.807, 2.05) is 0 Å². The number of hydrogen-bond acceptors (Lipinski definition) is 4. The van der Waals surface area contributed by atoms with E-state index in [0.717, 1.165) is 5.56 Å². The average molecular weight is 453 g/mol. The van der Waals surface area contributed by atoms with E-state index in [-0.39, 0.29) is 17.1 Å². The van der Waals surface area contributed by atoms with Gasteiger partial charge in [-0.3, -0.25) is 14.5 Å². The number of carbonyl (C=O) groups excluding carboxylic acids is 2.